The fraction of sp³-hybridized carbons (Fsp3) is 0.588. The topological polar surface area (TPSA) is 42.0 Å². The van der Waals surface area contributed by atoms with Gasteiger partial charge in [0.25, 0.3) is 5.91 Å². The van der Waals surface area contributed by atoms with Crippen LogP contribution in [0.3, 0.4) is 0 Å². The Morgan fingerprint density at radius 3 is 2.41 bits per heavy atom. The first-order chi connectivity index (χ1) is 10.7. The van der Waals surface area contributed by atoms with Gasteiger partial charge in [0.2, 0.25) is 0 Å². The molecule has 0 N–H and O–H groups in total. The van der Waals surface area contributed by atoms with Crippen molar-refractivity contribution in [1.29, 1.82) is 0 Å². The monoisotopic (exact) mass is 306 g/mol. The molecule has 0 radical (unpaired) electrons. The largest absolute Gasteiger partial charge is 0.493 e. The summed E-state index contributed by atoms with van der Waals surface area (Å²) in [5.74, 6) is 1.29. The maximum Gasteiger partial charge on any atom is 0.260 e. The molecule has 1 aliphatic heterocycles. The Morgan fingerprint density at radius 1 is 1.18 bits per heavy atom. The van der Waals surface area contributed by atoms with Gasteiger partial charge in [0.05, 0.1) is 7.11 Å². The van der Waals surface area contributed by atoms with Crippen LogP contribution in [0.5, 0.6) is 11.5 Å². The van der Waals surface area contributed by atoms with Crippen molar-refractivity contribution >= 4 is 5.91 Å². The molecule has 1 aliphatic rings. The summed E-state index contributed by atoms with van der Waals surface area (Å²) in [4.78, 5) is 16.6. The van der Waals surface area contributed by atoms with Crippen LogP contribution in [0.25, 0.3) is 0 Å². The molecule has 1 amide bonds. The molecule has 22 heavy (non-hydrogen) atoms. The van der Waals surface area contributed by atoms with Gasteiger partial charge in [0.15, 0.2) is 18.1 Å². The second kappa shape index (κ2) is 8.03. The van der Waals surface area contributed by atoms with Gasteiger partial charge in [-0.1, -0.05) is 19.1 Å². The fourth-order valence-corrected chi connectivity index (χ4v) is 2.64. The molecule has 1 aromatic carbocycles. The van der Waals surface area contributed by atoms with E-state index < -0.39 is 0 Å². The maximum atomic E-state index is 12.3. The minimum atomic E-state index is 0.0368. The van der Waals surface area contributed by atoms with E-state index >= 15 is 0 Å². The highest BCUT2D eigenvalue weighted by molar-refractivity contribution is 5.78. The summed E-state index contributed by atoms with van der Waals surface area (Å²) >= 11 is 0. The van der Waals surface area contributed by atoms with E-state index in [-0.39, 0.29) is 12.5 Å². The molecule has 0 saturated carbocycles. The Kier molecular flexibility index (Phi) is 6.07. The number of ether oxygens (including phenoxy) is 2. The number of benzene rings is 1. The van der Waals surface area contributed by atoms with Crippen LogP contribution in [-0.2, 0) is 4.79 Å². The number of piperazine rings is 1. The molecule has 0 spiro atoms. The van der Waals surface area contributed by atoms with Crippen molar-refractivity contribution in [2.75, 3.05) is 39.9 Å². The van der Waals surface area contributed by atoms with E-state index in [4.69, 9.17) is 9.47 Å². The van der Waals surface area contributed by atoms with Crippen LogP contribution in [0.15, 0.2) is 24.3 Å². The minimum Gasteiger partial charge on any atom is -0.493 e. The van der Waals surface area contributed by atoms with Gasteiger partial charge in [-0.3, -0.25) is 9.69 Å². The molecular weight excluding hydrogens is 280 g/mol. The third-order valence-corrected chi connectivity index (χ3v) is 4.30. The first kappa shape index (κ1) is 16.6. The number of carbonyl (C=O) groups is 1. The summed E-state index contributed by atoms with van der Waals surface area (Å²) in [7, 11) is 1.60. The number of methoxy groups -OCH3 is 1. The predicted octanol–water partition coefficient (Wildman–Crippen LogP) is 2.02. The molecule has 1 fully saturated rings. The van der Waals surface area contributed by atoms with Gasteiger partial charge in [0, 0.05) is 32.2 Å². The Bertz CT molecular complexity index is 485. The average molecular weight is 306 g/mol. The predicted molar refractivity (Wildman–Crippen MR) is 86.4 cm³/mol. The fourth-order valence-electron chi connectivity index (χ4n) is 2.64. The molecule has 2 rings (SSSR count). The van der Waals surface area contributed by atoms with E-state index in [1.165, 1.54) is 0 Å². The van der Waals surface area contributed by atoms with Crippen LogP contribution in [0.4, 0.5) is 0 Å². The lowest BCUT2D eigenvalue weighted by molar-refractivity contribution is -0.135. The molecule has 1 heterocycles. The Balaban J connectivity index is 1.81. The summed E-state index contributed by atoms with van der Waals surface area (Å²) in [5.41, 5.74) is 0. The van der Waals surface area contributed by atoms with Crippen molar-refractivity contribution < 1.29 is 14.3 Å². The maximum absolute atomic E-state index is 12.3. The Morgan fingerprint density at radius 2 is 1.82 bits per heavy atom. The number of rotatable bonds is 6. The van der Waals surface area contributed by atoms with E-state index in [0.29, 0.717) is 17.5 Å². The Hall–Kier alpha value is -1.75. The van der Waals surface area contributed by atoms with Crippen molar-refractivity contribution in [1.82, 2.24) is 9.80 Å². The highest BCUT2D eigenvalue weighted by atomic mass is 16.5. The quantitative estimate of drug-likeness (QED) is 0.806. The van der Waals surface area contributed by atoms with Gasteiger partial charge in [-0.25, -0.2) is 0 Å². The molecule has 5 nitrogen and oxygen atoms in total. The van der Waals surface area contributed by atoms with Gasteiger partial charge < -0.3 is 14.4 Å². The van der Waals surface area contributed by atoms with Crippen molar-refractivity contribution in [2.24, 2.45) is 0 Å². The van der Waals surface area contributed by atoms with Crippen LogP contribution >= 0.6 is 0 Å². The van der Waals surface area contributed by atoms with Crippen LogP contribution < -0.4 is 9.47 Å². The molecule has 0 aliphatic carbocycles. The van der Waals surface area contributed by atoms with E-state index in [1.54, 1.807) is 7.11 Å². The van der Waals surface area contributed by atoms with Gasteiger partial charge in [-0.2, -0.15) is 0 Å². The highest BCUT2D eigenvalue weighted by Crippen LogP contribution is 2.25. The molecule has 1 aromatic rings. The average Bonchev–Trinajstić information content (AvgIpc) is 2.59. The lowest BCUT2D eigenvalue weighted by atomic mass is 10.2. The van der Waals surface area contributed by atoms with Crippen molar-refractivity contribution in [3.63, 3.8) is 0 Å². The summed E-state index contributed by atoms with van der Waals surface area (Å²) in [6, 6.07) is 7.97. The van der Waals surface area contributed by atoms with Crippen LogP contribution in [0, 0.1) is 0 Å². The van der Waals surface area contributed by atoms with Gasteiger partial charge >= 0.3 is 0 Å². The van der Waals surface area contributed by atoms with E-state index in [0.717, 1.165) is 32.6 Å². The molecule has 1 saturated heterocycles. The minimum absolute atomic E-state index is 0.0368. The van der Waals surface area contributed by atoms with Gasteiger partial charge in [-0.05, 0) is 25.5 Å². The normalized spacial score (nSPS) is 17.1. The molecule has 0 aromatic heterocycles. The molecule has 5 heteroatoms. The third kappa shape index (κ3) is 4.13. The van der Waals surface area contributed by atoms with E-state index in [1.807, 2.05) is 29.2 Å². The second-order valence-corrected chi connectivity index (χ2v) is 5.61. The third-order valence-electron chi connectivity index (χ3n) is 4.30. The number of carbonyl (C=O) groups excluding carboxylic acids is 1. The van der Waals surface area contributed by atoms with Crippen LogP contribution in [0.2, 0.25) is 0 Å². The number of para-hydroxylation sites is 2. The van der Waals surface area contributed by atoms with Crippen molar-refractivity contribution in [2.45, 2.75) is 26.3 Å². The van der Waals surface area contributed by atoms with Crippen LogP contribution in [0.1, 0.15) is 20.3 Å². The number of nitrogens with zero attached hydrogens (tertiary/aromatic N) is 2. The summed E-state index contributed by atoms with van der Waals surface area (Å²) < 4.78 is 10.8. The Labute approximate surface area is 132 Å². The smallest absolute Gasteiger partial charge is 0.260 e. The number of amides is 1. The van der Waals surface area contributed by atoms with E-state index in [9.17, 15) is 4.79 Å². The number of hydrogen-bond donors (Lipinski definition) is 0. The molecule has 122 valence electrons. The zero-order chi connectivity index (χ0) is 15.9. The van der Waals surface area contributed by atoms with Crippen molar-refractivity contribution in [3.8, 4) is 11.5 Å². The second-order valence-electron chi connectivity index (χ2n) is 5.61. The summed E-state index contributed by atoms with van der Waals surface area (Å²) in [6.07, 6.45) is 1.14. The first-order valence-electron chi connectivity index (χ1n) is 7.93. The highest BCUT2D eigenvalue weighted by Gasteiger charge is 2.23. The first-order valence-corrected chi connectivity index (χ1v) is 7.93. The molecular formula is C17H26N2O3. The molecule has 1 atom stereocenters. The van der Waals surface area contributed by atoms with Crippen LogP contribution in [-0.4, -0.2) is 61.6 Å². The van der Waals surface area contributed by atoms with Gasteiger partial charge in [-0.15, -0.1) is 0 Å². The standard InChI is InChI=1S/C17H26N2O3/c1-4-14(2)18-9-11-19(12-10-18)17(20)13-22-16-8-6-5-7-15(16)21-3/h5-8,14H,4,9-13H2,1-3H3. The summed E-state index contributed by atoms with van der Waals surface area (Å²) in [5, 5.41) is 0. The SMILES string of the molecule is CCC(C)N1CCN(C(=O)COc2ccccc2OC)CC1. The zero-order valence-corrected chi connectivity index (χ0v) is 13.7. The van der Waals surface area contributed by atoms with E-state index in [2.05, 4.69) is 18.7 Å². The zero-order valence-electron chi connectivity index (χ0n) is 13.7. The lowest BCUT2D eigenvalue weighted by Crippen LogP contribution is -2.52. The lowest BCUT2D eigenvalue weighted by Gasteiger charge is -2.37. The molecule has 1 unspecified atom stereocenters. The van der Waals surface area contributed by atoms with Gasteiger partial charge in [0.1, 0.15) is 0 Å². The molecule has 0 bridgehead atoms. The summed E-state index contributed by atoms with van der Waals surface area (Å²) in [6.45, 7) is 7.93. The number of hydrogen-bond acceptors (Lipinski definition) is 4. The van der Waals surface area contributed by atoms with Crippen molar-refractivity contribution in [3.05, 3.63) is 24.3 Å².